The van der Waals surface area contributed by atoms with Crippen molar-refractivity contribution in [2.45, 2.75) is 11.8 Å². The molecule has 0 fully saturated rings. The highest BCUT2D eigenvalue weighted by Gasteiger charge is 2.21. The first kappa shape index (κ1) is 13.9. The summed E-state index contributed by atoms with van der Waals surface area (Å²) in [5.41, 5.74) is 0.753. The molecule has 5 nitrogen and oxygen atoms in total. The third-order valence-corrected chi connectivity index (χ3v) is 3.88. The van der Waals surface area contributed by atoms with E-state index in [4.69, 9.17) is 9.44 Å². The van der Waals surface area contributed by atoms with Gasteiger partial charge in [0.1, 0.15) is 11.0 Å². The van der Waals surface area contributed by atoms with Crippen LogP contribution in [0.2, 0.25) is 0 Å². The molecule has 2 aromatic rings. The van der Waals surface area contributed by atoms with Crippen molar-refractivity contribution in [3.05, 3.63) is 53.6 Å². The minimum atomic E-state index is -4.17. The molecule has 0 aliphatic heterocycles. The Hall–Kier alpha value is -2.52. The van der Waals surface area contributed by atoms with Gasteiger partial charge in [0.25, 0.3) is 0 Å². The van der Waals surface area contributed by atoms with Crippen LogP contribution in [0.15, 0.2) is 47.4 Å². The van der Waals surface area contributed by atoms with E-state index in [0.717, 1.165) is 5.56 Å². The lowest BCUT2D eigenvalue weighted by atomic mass is 10.2. The lowest BCUT2D eigenvalue weighted by Crippen LogP contribution is -2.11. The number of aryl methyl sites for hydroxylation is 1. The standard InChI is InChI=1S/C14H11NO4S/c1-10-6-7-13(12(16)8-10)19-20(17,18)14-5-3-2-4-11(14)9-15/h2-8,16H,1H3. The Morgan fingerprint density at radius 1 is 1.20 bits per heavy atom. The van der Waals surface area contributed by atoms with Crippen LogP contribution in [-0.2, 0) is 10.1 Å². The molecule has 0 bridgehead atoms. The van der Waals surface area contributed by atoms with Crippen molar-refractivity contribution in [1.82, 2.24) is 0 Å². The van der Waals surface area contributed by atoms with E-state index in [1.54, 1.807) is 25.1 Å². The summed E-state index contributed by atoms with van der Waals surface area (Å²) in [7, 11) is -4.17. The molecule has 1 N–H and O–H groups in total. The molecule has 0 aromatic heterocycles. The van der Waals surface area contributed by atoms with Crippen LogP contribution in [0.4, 0.5) is 0 Å². The smallest absolute Gasteiger partial charge is 0.340 e. The molecule has 0 saturated heterocycles. The minimum absolute atomic E-state index is 0.0147. The second-order valence-corrected chi connectivity index (χ2v) is 5.63. The van der Waals surface area contributed by atoms with Gasteiger partial charge >= 0.3 is 10.1 Å². The van der Waals surface area contributed by atoms with Crippen molar-refractivity contribution in [2.75, 3.05) is 0 Å². The van der Waals surface area contributed by atoms with E-state index in [1.165, 1.54) is 30.3 Å². The van der Waals surface area contributed by atoms with Crippen LogP contribution in [0.25, 0.3) is 0 Å². The molecule has 0 aliphatic rings. The summed E-state index contributed by atoms with van der Waals surface area (Å²) < 4.78 is 29.2. The fourth-order valence-electron chi connectivity index (χ4n) is 1.64. The van der Waals surface area contributed by atoms with Crippen molar-refractivity contribution in [1.29, 1.82) is 5.26 Å². The minimum Gasteiger partial charge on any atom is -0.504 e. The van der Waals surface area contributed by atoms with E-state index in [0.29, 0.717) is 0 Å². The highest BCUT2D eigenvalue weighted by Crippen LogP contribution is 2.30. The molecular formula is C14H11NO4S. The first-order chi connectivity index (χ1) is 9.44. The number of phenols is 1. The maximum atomic E-state index is 12.1. The van der Waals surface area contributed by atoms with E-state index in [9.17, 15) is 13.5 Å². The van der Waals surface area contributed by atoms with Crippen LogP contribution < -0.4 is 4.18 Å². The fourth-order valence-corrected chi connectivity index (χ4v) is 2.73. The van der Waals surface area contributed by atoms with Crippen LogP contribution in [0.5, 0.6) is 11.5 Å². The second-order valence-electron chi connectivity index (χ2n) is 4.12. The van der Waals surface area contributed by atoms with Gasteiger partial charge in [-0.05, 0) is 36.8 Å². The van der Waals surface area contributed by atoms with Crippen LogP contribution >= 0.6 is 0 Å². The predicted molar refractivity (Wildman–Crippen MR) is 71.8 cm³/mol. The molecule has 6 heteroatoms. The van der Waals surface area contributed by atoms with Gasteiger partial charge in [-0.25, -0.2) is 0 Å². The van der Waals surface area contributed by atoms with Gasteiger partial charge < -0.3 is 9.29 Å². The molecule has 0 atom stereocenters. The van der Waals surface area contributed by atoms with Gasteiger partial charge in [-0.3, -0.25) is 0 Å². The van der Waals surface area contributed by atoms with Crippen LogP contribution in [0.1, 0.15) is 11.1 Å². The van der Waals surface area contributed by atoms with Crippen LogP contribution in [0.3, 0.4) is 0 Å². The monoisotopic (exact) mass is 289 g/mol. The zero-order valence-electron chi connectivity index (χ0n) is 10.6. The van der Waals surface area contributed by atoms with E-state index in [1.807, 2.05) is 0 Å². The summed E-state index contributed by atoms with van der Waals surface area (Å²) in [5, 5.41) is 18.6. The highest BCUT2D eigenvalue weighted by molar-refractivity contribution is 7.87. The van der Waals surface area contributed by atoms with Gasteiger partial charge in [0.05, 0.1) is 5.56 Å². The van der Waals surface area contributed by atoms with Crippen LogP contribution in [0, 0.1) is 18.3 Å². The number of aromatic hydroxyl groups is 1. The fraction of sp³-hybridized carbons (Fsp3) is 0.0714. The average Bonchev–Trinajstić information content (AvgIpc) is 2.42. The first-order valence-corrected chi connectivity index (χ1v) is 7.08. The highest BCUT2D eigenvalue weighted by atomic mass is 32.2. The topological polar surface area (TPSA) is 87.4 Å². The van der Waals surface area contributed by atoms with E-state index >= 15 is 0 Å². The average molecular weight is 289 g/mol. The lowest BCUT2D eigenvalue weighted by Gasteiger charge is -2.09. The Bertz CT molecular complexity index is 791. The van der Waals surface area contributed by atoms with Crippen molar-refractivity contribution in [3.8, 4) is 17.6 Å². The van der Waals surface area contributed by atoms with Gasteiger partial charge in [-0.1, -0.05) is 18.2 Å². The molecule has 0 radical (unpaired) electrons. The van der Waals surface area contributed by atoms with Gasteiger partial charge in [0.15, 0.2) is 11.5 Å². The van der Waals surface area contributed by atoms with Gasteiger partial charge in [0, 0.05) is 0 Å². The Balaban J connectivity index is 2.44. The Kier molecular flexibility index (Phi) is 3.63. The molecule has 2 rings (SSSR count). The second kappa shape index (κ2) is 5.23. The first-order valence-electron chi connectivity index (χ1n) is 5.67. The van der Waals surface area contributed by atoms with Gasteiger partial charge in [-0.15, -0.1) is 0 Å². The molecule has 20 heavy (non-hydrogen) atoms. The molecule has 0 unspecified atom stereocenters. The molecule has 0 amide bonds. The molecule has 0 aliphatic carbocycles. The predicted octanol–water partition coefficient (Wildman–Crippen LogP) is 2.34. The zero-order chi connectivity index (χ0) is 14.8. The molecule has 2 aromatic carbocycles. The Labute approximate surface area is 116 Å². The summed E-state index contributed by atoms with van der Waals surface area (Å²) in [6, 6.07) is 11.9. The van der Waals surface area contributed by atoms with E-state index in [-0.39, 0.29) is 22.0 Å². The molecular weight excluding hydrogens is 278 g/mol. The van der Waals surface area contributed by atoms with E-state index in [2.05, 4.69) is 0 Å². The number of nitrogens with zero attached hydrogens (tertiary/aromatic N) is 1. The Morgan fingerprint density at radius 3 is 2.55 bits per heavy atom. The summed E-state index contributed by atoms with van der Waals surface area (Å²) in [5.74, 6) is -0.452. The summed E-state index contributed by atoms with van der Waals surface area (Å²) in [4.78, 5) is -0.234. The van der Waals surface area contributed by atoms with Crippen molar-refractivity contribution >= 4 is 10.1 Å². The Morgan fingerprint density at radius 2 is 1.90 bits per heavy atom. The quantitative estimate of drug-likeness (QED) is 0.876. The van der Waals surface area contributed by atoms with Crippen molar-refractivity contribution < 1.29 is 17.7 Å². The maximum absolute atomic E-state index is 12.1. The number of benzene rings is 2. The third-order valence-electron chi connectivity index (χ3n) is 2.59. The third kappa shape index (κ3) is 2.73. The summed E-state index contributed by atoms with van der Waals surface area (Å²) >= 11 is 0. The molecule has 0 spiro atoms. The summed E-state index contributed by atoms with van der Waals surface area (Å²) in [6.45, 7) is 1.75. The van der Waals surface area contributed by atoms with Gasteiger partial charge in [0.2, 0.25) is 0 Å². The SMILES string of the molecule is Cc1ccc(OS(=O)(=O)c2ccccc2C#N)c(O)c1. The summed E-state index contributed by atoms with van der Waals surface area (Å²) in [6.07, 6.45) is 0. The van der Waals surface area contributed by atoms with Gasteiger partial charge in [-0.2, -0.15) is 13.7 Å². The lowest BCUT2D eigenvalue weighted by molar-refractivity contribution is 0.428. The molecule has 0 heterocycles. The number of phenolic OH excluding ortho intramolecular Hbond substituents is 1. The number of hydrogen-bond donors (Lipinski definition) is 1. The number of rotatable bonds is 3. The van der Waals surface area contributed by atoms with Crippen molar-refractivity contribution in [2.24, 2.45) is 0 Å². The number of hydrogen-bond acceptors (Lipinski definition) is 5. The zero-order valence-corrected chi connectivity index (χ0v) is 11.4. The molecule has 102 valence electrons. The normalized spacial score (nSPS) is 10.8. The van der Waals surface area contributed by atoms with E-state index < -0.39 is 10.1 Å². The van der Waals surface area contributed by atoms with Crippen molar-refractivity contribution in [3.63, 3.8) is 0 Å². The van der Waals surface area contributed by atoms with Crippen LogP contribution in [-0.4, -0.2) is 13.5 Å². The largest absolute Gasteiger partial charge is 0.504 e. The number of nitriles is 1. The molecule has 0 saturated carbocycles. The maximum Gasteiger partial charge on any atom is 0.340 e.